The summed E-state index contributed by atoms with van der Waals surface area (Å²) in [6.07, 6.45) is 0.621. The normalized spacial score (nSPS) is 10.6. The summed E-state index contributed by atoms with van der Waals surface area (Å²) in [4.78, 5) is 12.0. The van der Waals surface area contributed by atoms with E-state index in [4.69, 9.17) is 4.74 Å². The highest BCUT2D eigenvalue weighted by Crippen LogP contribution is 2.19. The van der Waals surface area contributed by atoms with Crippen LogP contribution >= 0.6 is 11.8 Å². The summed E-state index contributed by atoms with van der Waals surface area (Å²) in [7, 11) is 3.49. The van der Waals surface area contributed by atoms with Gasteiger partial charge in [0, 0.05) is 13.5 Å². The maximum absolute atomic E-state index is 13.6. The highest BCUT2D eigenvalue weighted by Gasteiger charge is 2.13. The molecule has 1 N–H and O–H groups in total. The topological polar surface area (TPSA) is 69.0 Å². The van der Waals surface area contributed by atoms with Crippen LogP contribution in [0, 0.1) is 5.82 Å². The van der Waals surface area contributed by atoms with Gasteiger partial charge in [0.25, 0.3) is 0 Å². The first-order valence-corrected chi connectivity index (χ1v) is 9.23. The van der Waals surface area contributed by atoms with Crippen molar-refractivity contribution in [3.8, 4) is 5.75 Å². The molecule has 1 heterocycles. The van der Waals surface area contributed by atoms with Crippen molar-refractivity contribution in [2.24, 2.45) is 7.05 Å². The van der Waals surface area contributed by atoms with Gasteiger partial charge in [-0.15, -0.1) is 10.2 Å². The zero-order valence-corrected chi connectivity index (χ0v) is 15.8. The Hall–Kier alpha value is -2.87. The van der Waals surface area contributed by atoms with Gasteiger partial charge in [0.1, 0.15) is 17.4 Å². The van der Waals surface area contributed by atoms with Crippen molar-refractivity contribution >= 4 is 23.4 Å². The van der Waals surface area contributed by atoms with Crippen LogP contribution in [0.1, 0.15) is 11.4 Å². The molecule has 0 fully saturated rings. The van der Waals surface area contributed by atoms with Crippen molar-refractivity contribution < 1.29 is 13.9 Å². The Balaban J connectivity index is 1.58. The number of halogens is 1. The van der Waals surface area contributed by atoms with Crippen LogP contribution in [0.15, 0.2) is 53.7 Å². The van der Waals surface area contributed by atoms with E-state index in [9.17, 15) is 9.18 Å². The van der Waals surface area contributed by atoms with E-state index >= 15 is 0 Å². The van der Waals surface area contributed by atoms with Crippen LogP contribution in [-0.4, -0.2) is 33.5 Å². The van der Waals surface area contributed by atoms with E-state index in [-0.39, 0.29) is 17.3 Å². The number of nitrogens with one attached hydrogen (secondary N) is 1. The summed E-state index contributed by atoms with van der Waals surface area (Å²) >= 11 is 1.25. The largest absolute Gasteiger partial charge is 0.497 e. The molecule has 0 spiro atoms. The number of para-hydroxylation sites is 1. The summed E-state index contributed by atoms with van der Waals surface area (Å²) < 4.78 is 20.6. The van der Waals surface area contributed by atoms with Crippen molar-refractivity contribution in [1.29, 1.82) is 0 Å². The molecule has 0 atom stereocenters. The van der Waals surface area contributed by atoms with Gasteiger partial charge in [-0.2, -0.15) is 0 Å². The molecule has 27 heavy (non-hydrogen) atoms. The summed E-state index contributed by atoms with van der Waals surface area (Å²) in [6, 6.07) is 13.8. The van der Waals surface area contributed by atoms with Crippen molar-refractivity contribution in [3.05, 3.63) is 65.7 Å². The number of aromatic nitrogens is 3. The number of benzene rings is 2. The second-order valence-corrected chi connectivity index (χ2v) is 6.74. The van der Waals surface area contributed by atoms with Crippen LogP contribution in [0.3, 0.4) is 0 Å². The Morgan fingerprint density at radius 3 is 2.63 bits per heavy atom. The third-order valence-corrected chi connectivity index (χ3v) is 4.95. The number of ether oxygens (including phenoxy) is 1. The van der Waals surface area contributed by atoms with E-state index in [1.54, 1.807) is 19.2 Å². The molecule has 8 heteroatoms. The van der Waals surface area contributed by atoms with Gasteiger partial charge in [0.05, 0.1) is 18.6 Å². The number of methoxy groups -OCH3 is 1. The fraction of sp³-hybridized carbons (Fsp3) is 0.211. The van der Waals surface area contributed by atoms with E-state index < -0.39 is 5.82 Å². The van der Waals surface area contributed by atoms with E-state index in [2.05, 4.69) is 15.5 Å². The minimum Gasteiger partial charge on any atom is -0.497 e. The fourth-order valence-electron chi connectivity index (χ4n) is 2.43. The zero-order chi connectivity index (χ0) is 19.2. The van der Waals surface area contributed by atoms with Gasteiger partial charge in [-0.25, -0.2) is 4.39 Å². The molecule has 2 aromatic carbocycles. The molecule has 0 aliphatic heterocycles. The lowest BCUT2D eigenvalue weighted by Gasteiger charge is -2.06. The van der Waals surface area contributed by atoms with Gasteiger partial charge in [0.2, 0.25) is 5.91 Å². The molecule has 0 unspecified atom stereocenters. The first kappa shape index (κ1) is 18.9. The Labute approximate surface area is 160 Å². The highest BCUT2D eigenvalue weighted by atomic mass is 32.2. The molecule has 1 aromatic heterocycles. The van der Waals surface area contributed by atoms with Crippen LogP contribution in [0.25, 0.3) is 0 Å². The molecule has 0 saturated heterocycles. The van der Waals surface area contributed by atoms with Crippen molar-refractivity contribution in [1.82, 2.24) is 14.8 Å². The van der Waals surface area contributed by atoms with Crippen LogP contribution < -0.4 is 10.1 Å². The lowest BCUT2D eigenvalue weighted by molar-refractivity contribution is -0.113. The van der Waals surface area contributed by atoms with Gasteiger partial charge in [-0.05, 0) is 29.8 Å². The average molecular weight is 386 g/mol. The number of amides is 1. The van der Waals surface area contributed by atoms with Crippen LogP contribution in [0.5, 0.6) is 5.75 Å². The monoisotopic (exact) mass is 386 g/mol. The van der Waals surface area contributed by atoms with Gasteiger partial charge in [-0.3, -0.25) is 4.79 Å². The molecular weight excluding hydrogens is 367 g/mol. The van der Waals surface area contributed by atoms with Crippen LogP contribution in [-0.2, 0) is 18.3 Å². The number of carbonyl (C=O) groups is 1. The summed E-state index contributed by atoms with van der Waals surface area (Å²) in [5, 5.41) is 11.5. The highest BCUT2D eigenvalue weighted by molar-refractivity contribution is 7.99. The van der Waals surface area contributed by atoms with Gasteiger partial charge < -0.3 is 14.6 Å². The molecule has 140 valence electrons. The number of anilines is 1. The van der Waals surface area contributed by atoms with E-state index in [0.717, 1.165) is 17.1 Å². The molecule has 3 aromatic rings. The first-order chi connectivity index (χ1) is 13.1. The average Bonchev–Trinajstić information content (AvgIpc) is 3.02. The number of thioether (sulfide) groups is 1. The number of nitrogens with zero attached hydrogens (tertiary/aromatic N) is 3. The quantitative estimate of drug-likeness (QED) is 0.631. The second-order valence-electron chi connectivity index (χ2n) is 5.80. The third-order valence-electron chi connectivity index (χ3n) is 3.93. The maximum Gasteiger partial charge on any atom is 0.234 e. The number of hydrogen-bond acceptors (Lipinski definition) is 5. The van der Waals surface area contributed by atoms with Gasteiger partial charge in [-0.1, -0.05) is 36.0 Å². The predicted molar refractivity (Wildman–Crippen MR) is 103 cm³/mol. The molecule has 0 aliphatic carbocycles. The number of hydrogen-bond donors (Lipinski definition) is 1. The third kappa shape index (κ3) is 4.85. The predicted octanol–water partition coefficient (Wildman–Crippen LogP) is 3.28. The van der Waals surface area contributed by atoms with Crippen LogP contribution in [0.2, 0.25) is 0 Å². The number of rotatable bonds is 7. The zero-order valence-electron chi connectivity index (χ0n) is 15.0. The molecule has 1 amide bonds. The van der Waals surface area contributed by atoms with Crippen molar-refractivity contribution in [3.63, 3.8) is 0 Å². The number of carbonyl (C=O) groups excluding carboxylic acids is 1. The Morgan fingerprint density at radius 1 is 1.19 bits per heavy atom. The van der Waals surface area contributed by atoms with Crippen LogP contribution in [0.4, 0.5) is 10.1 Å². The standard InChI is InChI=1S/C19H19FN4O2S/c1-24-17(11-13-7-9-14(26-2)10-8-13)22-23-19(24)27-12-18(25)21-16-6-4-3-5-15(16)20/h3-10H,11-12H2,1-2H3,(H,21,25). The summed E-state index contributed by atoms with van der Waals surface area (Å²) in [6.45, 7) is 0. The Kier molecular flexibility index (Phi) is 6.08. The lowest BCUT2D eigenvalue weighted by atomic mass is 10.1. The Bertz CT molecular complexity index is 928. The first-order valence-electron chi connectivity index (χ1n) is 8.25. The van der Waals surface area contributed by atoms with E-state index in [1.165, 1.54) is 23.9 Å². The summed E-state index contributed by atoms with van der Waals surface area (Å²) in [5.74, 6) is 0.940. The Morgan fingerprint density at radius 2 is 1.93 bits per heavy atom. The summed E-state index contributed by atoms with van der Waals surface area (Å²) in [5.41, 5.74) is 1.25. The van der Waals surface area contributed by atoms with Crippen molar-refractivity contribution in [2.45, 2.75) is 11.6 Å². The minimum absolute atomic E-state index is 0.114. The molecule has 0 aliphatic rings. The second kappa shape index (κ2) is 8.68. The molecule has 0 bridgehead atoms. The molecule has 0 radical (unpaired) electrons. The lowest BCUT2D eigenvalue weighted by Crippen LogP contribution is -2.15. The molecular formula is C19H19FN4O2S. The molecule has 3 rings (SSSR count). The fourth-order valence-corrected chi connectivity index (χ4v) is 3.16. The van der Waals surface area contributed by atoms with Gasteiger partial charge >= 0.3 is 0 Å². The minimum atomic E-state index is -0.462. The maximum atomic E-state index is 13.6. The molecule has 0 saturated carbocycles. The smallest absolute Gasteiger partial charge is 0.234 e. The van der Waals surface area contributed by atoms with Crippen molar-refractivity contribution in [2.75, 3.05) is 18.2 Å². The van der Waals surface area contributed by atoms with E-state index in [1.807, 2.05) is 35.9 Å². The molecule has 6 nitrogen and oxygen atoms in total. The SMILES string of the molecule is COc1ccc(Cc2nnc(SCC(=O)Nc3ccccc3F)n2C)cc1. The van der Waals surface area contributed by atoms with Gasteiger partial charge in [0.15, 0.2) is 5.16 Å². The van der Waals surface area contributed by atoms with E-state index in [0.29, 0.717) is 11.6 Å².